The molecule has 0 radical (unpaired) electrons. The number of aromatic nitrogens is 1. The first-order valence-electron chi connectivity index (χ1n) is 5.14. The number of hydrogen-bond donors (Lipinski definition) is 3. The van der Waals surface area contributed by atoms with Gasteiger partial charge in [0.2, 0.25) is 11.9 Å². The van der Waals surface area contributed by atoms with Crippen LogP contribution in [0.5, 0.6) is 0 Å². The molecule has 2 atom stereocenters. The van der Waals surface area contributed by atoms with Gasteiger partial charge in [-0.1, -0.05) is 0 Å². The van der Waals surface area contributed by atoms with Crippen LogP contribution in [0.3, 0.4) is 0 Å². The molecule has 94 valence electrons. The number of amides is 1. The van der Waals surface area contributed by atoms with Crippen molar-refractivity contribution in [2.75, 3.05) is 6.54 Å². The third kappa shape index (κ3) is 3.76. The van der Waals surface area contributed by atoms with E-state index in [1.54, 1.807) is 6.92 Å². The van der Waals surface area contributed by atoms with Crippen LogP contribution >= 0.6 is 0 Å². The van der Waals surface area contributed by atoms with Gasteiger partial charge in [-0.15, -0.1) is 0 Å². The highest BCUT2D eigenvalue weighted by Gasteiger charge is 2.21. The van der Waals surface area contributed by atoms with Gasteiger partial charge in [0.15, 0.2) is 0 Å². The minimum atomic E-state index is -1.26. The Balaban J connectivity index is 2.77. The summed E-state index contributed by atoms with van der Waals surface area (Å²) in [6.07, 6.45) is -1.18. The number of rotatable bonds is 4. The summed E-state index contributed by atoms with van der Waals surface area (Å²) in [5.74, 6) is -1.04. The number of aliphatic hydroxyl groups is 2. The van der Waals surface area contributed by atoms with Gasteiger partial charge in [-0.3, -0.25) is 4.79 Å². The predicted molar refractivity (Wildman–Crippen MR) is 58.6 cm³/mol. The molecule has 0 aliphatic rings. The average molecular weight is 242 g/mol. The number of halogens is 1. The van der Waals surface area contributed by atoms with E-state index in [9.17, 15) is 19.4 Å². The average Bonchev–Trinajstić information content (AvgIpc) is 2.28. The highest BCUT2D eigenvalue weighted by Crippen LogP contribution is 2.20. The third-order valence-corrected chi connectivity index (χ3v) is 2.35. The second-order valence-corrected chi connectivity index (χ2v) is 3.81. The van der Waals surface area contributed by atoms with E-state index in [1.165, 1.54) is 13.1 Å². The molecule has 1 aromatic heterocycles. The fourth-order valence-corrected chi connectivity index (χ4v) is 1.40. The van der Waals surface area contributed by atoms with Crippen molar-refractivity contribution in [1.82, 2.24) is 10.3 Å². The molecule has 6 heteroatoms. The van der Waals surface area contributed by atoms with Crippen LogP contribution in [0.2, 0.25) is 0 Å². The molecule has 0 saturated heterocycles. The maximum absolute atomic E-state index is 12.9. The van der Waals surface area contributed by atoms with Gasteiger partial charge in [0.25, 0.3) is 0 Å². The molecule has 0 spiro atoms. The zero-order valence-electron chi connectivity index (χ0n) is 9.64. The number of aliphatic hydroxyl groups excluding tert-OH is 2. The molecular formula is C11H15FN2O3. The van der Waals surface area contributed by atoms with Gasteiger partial charge in [-0.05, 0) is 24.1 Å². The molecule has 0 aromatic carbocycles. The maximum Gasteiger partial charge on any atom is 0.216 e. The molecule has 0 saturated carbocycles. The van der Waals surface area contributed by atoms with Gasteiger partial charge in [0.1, 0.15) is 12.2 Å². The molecule has 1 aromatic rings. The predicted octanol–water partition coefficient (Wildman–Crippen LogP) is 0.0595. The zero-order chi connectivity index (χ0) is 13.0. The summed E-state index contributed by atoms with van der Waals surface area (Å²) in [6, 6.07) is 1.07. The van der Waals surface area contributed by atoms with Gasteiger partial charge in [-0.2, -0.15) is 4.39 Å². The van der Waals surface area contributed by atoms with E-state index >= 15 is 0 Å². The Hall–Kier alpha value is -1.53. The quantitative estimate of drug-likeness (QED) is 0.652. The molecular weight excluding hydrogens is 227 g/mol. The van der Waals surface area contributed by atoms with E-state index in [1.807, 2.05) is 0 Å². The smallest absolute Gasteiger partial charge is 0.216 e. The molecule has 1 amide bonds. The second-order valence-electron chi connectivity index (χ2n) is 3.81. The number of hydrogen-bond acceptors (Lipinski definition) is 4. The highest BCUT2D eigenvalue weighted by atomic mass is 19.1. The summed E-state index contributed by atoms with van der Waals surface area (Å²) in [6.45, 7) is 2.85. The Morgan fingerprint density at radius 3 is 2.82 bits per heavy atom. The first-order chi connectivity index (χ1) is 7.91. The Bertz CT molecular complexity index is 412. The lowest BCUT2D eigenvalue weighted by molar-refractivity contribution is -0.119. The first-order valence-corrected chi connectivity index (χ1v) is 5.14. The summed E-state index contributed by atoms with van der Waals surface area (Å²) in [5, 5.41) is 21.8. The van der Waals surface area contributed by atoms with Crippen molar-refractivity contribution in [2.45, 2.75) is 26.1 Å². The molecule has 5 nitrogen and oxygen atoms in total. The van der Waals surface area contributed by atoms with Crippen LogP contribution < -0.4 is 5.32 Å². The Labute approximate surface area is 98.3 Å². The molecule has 0 fully saturated rings. The van der Waals surface area contributed by atoms with Crippen LogP contribution in [0.1, 0.15) is 24.2 Å². The lowest BCUT2D eigenvalue weighted by atomic mass is 10.0. The molecule has 1 rings (SSSR count). The van der Waals surface area contributed by atoms with Crippen molar-refractivity contribution < 1.29 is 19.4 Å². The van der Waals surface area contributed by atoms with Gasteiger partial charge < -0.3 is 15.5 Å². The van der Waals surface area contributed by atoms with Crippen LogP contribution in [0.15, 0.2) is 12.3 Å². The van der Waals surface area contributed by atoms with Crippen molar-refractivity contribution >= 4 is 5.91 Å². The number of nitrogens with zero attached hydrogens (tertiary/aromatic N) is 1. The molecule has 3 N–H and O–H groups in total. The monoisotopic (exact) mass is 242 g/mol. The normalized spacial score (nSPS) is 14.2. The summed E-state index contributed by atoms with van der Waals surface area (Å²) >= 11 is 0. The fraction of sp³-hybridized carbons (Fsp3) is 0.455. The maximum atomic E-state index is 12.9. The second kappa shape index (κ2) is 5.70. The first kappa shape index (κ1) is 13.5. The van der Waals surface area contributed by atoms with Crippen LogP contribution in [-0.4, -0.2) is 33.8 Å². The third-order valence-electron chi connectivity index (χ3n) is 2.35. The summed E-state index contributed by atoms with van der Waals surface area (Å²) < 4.78 is 12.9. The van der Waals surface area contributed by atoms with Crippen LogP contribution in [-0.2, 0) is 4.79 Å². The molecule has 2 unspecified atom stereocenters. The van der Waals surface area contributed by atoms with E-state index in [-0.39, 0.29) is 18.0 Å². The SMILES string of the molecule is CC(=O)NCC(O)C(O)c1cc(F)ncc1C. The van der Waals surface area contributed by atoms with E-state index in [0.29, 0.717) is 5.56 Å². The Morgan fingerprint density at radius 2 is 2.24 bits per heavy atom. The lowest BCUT2D eigenvalue weighted by Gasteiger charge is -2.19. The van der Waals surface area contributed by atoms with E-state index in [0.717, 1.165) is 6.07 Å². The molecule has 0 aliphatic heterocycles. The zero-order valence-corrected chi connectivity index (χ0v) is 9.64. The molecule has 0 bridgehead atoms. The molecule has 1 heterocycles. The number of carbonyl (C=O) groups is 1. The van der Waals surface area contributed by atoms with Gasteiger partial charge in [-0.25, -0.2) is 4.98 Å². The Morgan fingerprint density at radius 1 is 1.59 bits per heavy atom. The van der Waals surface area contributed by atoms with E-state index in [4.69, 9.17) is 0 Å². The van der Waals surface area contributed by atoms with E-state index < -0.39 is 18.2 Å². The van der Waals surface area contributed by atoms with E-state index in [2.05, 4.69) is 10.3 Å². The van der Waals surface area contributed by atoms with Gasteiger partial charge in [0.05, 0.1) is 0 Å². The van der Waals surface area contributed by atoms with Crippen molar-refractivity contribution in [1.29, 1.82) is 0 Å². The fourth-order valence-electron chi connectivity index (χ4n) is 1.40. The summed E-state index contributed by atoms with van der Waals surface area (Å²) in [4.78, 5) is 14.1. The van der Waals surface area contributed by atoms with Crippen molar-refractivity contribution in [3.8, 4) is 0 Å². The number of carbonyl (C=O) groups excluding carboxylic acids is 1. The number of aryl methyl sites for hydroxylation is 1. The van der Waals surface area contributed by atoms with Crippen molar-refractivity contribution in [3.63, 3.8) is 0 Å². The molecule has 17 heavy (non-hydrogen) atoms. The Kier molecular flexibility index (Phi) is 4.53. The standard InChI is InChI=1S/C11H15FN2O3/c1-6-4-14-10(12)3-8(6)11(17)9(16)5-13-7(2)15/h3-4,9,11,16-17H,5H2,1-2H3,(H,13,15). The lowest BCUT2D eigenvalue weighted by Crippen LogP contribution is -2.34. The largest absolute Gasteiger partial charge is 0.388 e. The van der Waals surface area contributed by atoms with Crippen molar-refractivity contribution in [3.05, 3.63) is 29.3 Å². The minimum Gasteiger partial charge on any atom is -0.388 e. The highest BCUT2D eigenvalue weighted by molar-refractivity contribution is 5.72. The van der Waals surface area contributed by atoms with Crippen LogP contribution in [0.25, 0.3) is 0 Å². The van der Waals surface area contributed by atoms with Crippen molar-refractivity contribution in [2.24, 2.45) is 0 Å². The van der Waals surface area contributed by atoms with Crippen LogP contribution in [0.4, 0.5) is 4.39 Å². The van der Waals surface area contributed by atoms with Gasteiger partial charge in [0, 0.05) is 19.7 Å². The number of nitrogens with one attached hydrogen (secondary N) is 1. The number of pyridine rings is 1. The minimum absolute atomic E-state index is 0.0973. The summed E-state index contributed by atoms with van der Waals surface area (Å²) in [7, 11) is 0. The van der Waals surface area contributed by atoms with Crippen LogP contribution in [0, 0.1) is 12.9 Å². The topological polar surface area (TPSA) is 82.5 Å². The summed E-state index contributed by atoms with van der Waals surface area (Å²) in [5.41, 5.74) is 0.830. The van der Waals surface area contributed by atoms with Gasteiger partial charge >= 0.3 is 0 Å². The molecule has 0 aliphatic carbocycles.